The highest BCUT2D eigenvalue weighted by atomic mass is 32.1. The summed E-state index contributed by atoms with van der Waals surface area (Å²) in [6.07, 6.45) is 2.23. The van der Waals surface area contributed by atoms with Crippen LogP contribution in [0.5, 0.6) is 11.5 Å². The van der Waals surface area contributed by atoms with Gasteiger partial charge in [-0.2, -0.15) is 0 Å². The molecular formula is C45H27BN2O2S. The first-order chi connectivity index (χ1) is 25.3. The second kappa shape index (κ2) is 11.1. The molecule has 51 heavy (non-hydrogen) atoms. The highest BCUT2D eigenvalue weighted by Crippen LogP contribution is 2.50. The molecule has 0 saturated heterocycles. The number of aromatic nitrogens is 1. The Morgan fingerprint density at radius 3 is 1.78 bits per heavy atom. The molecule has 0 amide bonds. The fourth-order valence-electron chi connectivity index (χ4n) is 7.78. The summed E-state index contributed by atoms with van der Waals surface area (Å²) in [5.74, 6) is 1.51. The molecule has 0 spiro atoms. The van der Waals surface area contributed by atoms with E-state index in [0.717, 1.165) is 99.7 Å². The molecule has 5 heterocycles. The van der Waals surface area contributed by atoms with E-state index in [1.54, 1.807) is 11.3 Å². The molecule has 2 bridgehead atoms. The fraction of sp³-hybridized carbons (Fsp3) is 0. The van der Waals surface area contributed by atoms with Gasteiger partial charge in [0.05, 0.1) is 17.1 Å². The Morgan fingerprint density at radius 2 is 1.14 bits per heavy atom. The van der Waals surface area contributed by atoms with Crippen molar-refractivity contribution in [2.24, 2.45) is 4.99 Å². The lowest BCUT2D eigenvalue weighted by Crippen LogP contribution is -2.42. The van der Waals surface area contributed by atoms with Gasteiger partial charge in [0.1, 0.15) is 11.5 Å². The molecule has 3 aliphatic rings. The lowest BCUT2D eigenvalue weighted by Gasteiger charge is -2.29. The van der Waals surface area contributed by atoms with E-state index in [2.05, 4.69) is 168 Å². The smallest absolute Gasteiger partial charge is 0.506 e. The molecule has 0 saturated carbocycles. The zero-order chi connectivity index (χ0) is 33.5. The monoisotopic (exact) mass is 670 g/mol. The normalized spacial score (nSPS) is 15.7. The highest BCUT2D eigenvalue weighted by Gasteiger charge is 2.43. The predicted octanol–water partition coefficient (Wildman–Crippen LogP) is 11.2. The quantitative estimate of drug-likeness (QED) is 0.175. The van der Waals surface area contributed by atoms with Gasteiger partial charge in [0.25, 0.3) is 0 Å². The van der Waals surface area contributed by atoms with Gasteiger partial charge in [0.2, 0.25) is 0 Å². The van der Waals surface area contributed by atoms with Gasteiger partial charge in [0.15, 0.2) is 0 Å². The lowest BCUT2D eigenvalue weighted by atomic mass is 9.92. The van der Waals surface area contributed by atoms with E-state index in [-0.39, 0.29) is 0 Å². The number of benzene rings is 6. The van der Waals surface area contributed by atoms with Crippen molar-refractivity contribution >= 4 is 57.0 Å². The van der Waals surface area contributed by atoms with E-state index in [4.69, 9.17) is 14.3 Å². The number of hydrogen-bond donors (Lipinski definition) is 0. The van der Waals surface area contributed by atoms with Crippen LogP contribution in [0.4, 0.5) is 0 Å². The van der Waals surface area contributed by atoms with Crippen molar-refractivity contribution in [3.63, 3.8) is 0 Å². The molecule has 2 aromatic heterocycles. The second-order valence-electron chi connectivity index (χ2n) is 13.1. The molecule has 0 unspecified atom stereocenters. The molecule has 0 fully saturated rings. The van der Waals surface area contributed by atoms with Crippen molar-refractivity contribution in [1.29, 1.82) is 0 Å². The van der Waals surface area contributed by atoms with E-state index >= 15 is 0 Å². The van der Waals surface area contributed by atoms with E-state index in [0.29, 0.717) is 0 Å². The summed E-state index contributed by atoms with van der Waals surface area (Å²) in [6.45, 7) is 0. The van der Waals surface area contributed by atoms with Crippen LogP contribution in [0, 0.1) is 0 Å². The predicted molar refractivity (Wildman–Crippen MR) is 210 cm³/mol. The van der Waals surface area contributed by atoms with Gasteiger partial charge in [-0.25, -0.2) is 4.99 Å². The Labute approximate surface area is 299 Å². The van der Waals surface area contributed by atoms with Crippen LogP contribution in [0.1, 0.15) is 21.7 Å². The topological polar surface area (TPSA) is 35.8 Å². The molecule has 0 aliphatic carbocycles. The minimum Gasteiger partial charge on any atom is -0.506 e. The fourth-order valence-corrected chi connectivity index (χ4v) is 8.55. The second-order valence-corrected chi connectivity index (χ2v) is 14.0. The molecule has 238 valence electrons. The maximum atomic E-state index is 7.18. The van der Waals surface area contributed by atoms with Gasteiger partial charge in [-0.3, -0.25) is 0 Å². The molecule has 11 rings (SSSR count). The summed E-state index contributed by atoms with van der Waals surface area (Å²) in [5, 5.41) is 6.64. The van der Waals surface area contributed by atoms with Gasteiger partial charge in [-0.05, 0) is 80.5 Å². The van der Waals surface area contributed by atoms with Gasteiger partial charge in [-0.15, -0.1) is 11.3 Å². The first-order valence-electron chi connectivity index (χ1n) is 17.1. The van der Waals surface area contributed by atoms with Crippen LogP contribution in [-0.2, 0) is 0 Å². The molecule has 6 aromatic carbocycles. The summed E-state index contributed by atoms with van der Waals surface area (Å²) in [4.78, 5) is 6.69. The molecule has 8 aromatic rings. The molecule has 0 radical (unpaired) electrons. The Hall–Kier alpha value is -6.37. The average Bonchev–Trinajstić information content (AvgIpc) is 3.95. The van der Waals surface area contributed by atoms with Gasteiger partial charge >= 0.3 is 7.25 Å². The van der Waals surface area contributed by atoms with Gasteiger partial charge < -0.3 is 13.8 Å². The van der Waals surface area contributed by atoms with Gasteiger partial charge in [0, 0.05) is 38.4 Å². The molecular weight excluding hydrogens is 643 g/mol. The summed E-state index contributed by atoms with van der Waals surface area (Å²) in [5.41, 5.74) is 11.2. The molecule has 0 atom stereocenters. The van der Waals surface area contributed by atoms with Crippen LogP contribution in [0.15, 0.2) is 174 Å². The van der Waals surface area contributed by atoms with E-state index < -0.39 is 7.25 Å². The molecule has 4 nitrogen and oxygen atoms in total. The number of hydrogen-bond acceptors (Lipinski definition) is 4. The van der Waals surface area contributed by atoms with Gasteiger partial charge in [-0.1, -0.05) is 115 Å². The SMILES string of the molecule is C1=C(c2ccccc2)/C2=C(\c3cccs3)c3c(-c4ccccc4)cc4n3B(Oc3cc5ccccc5cc3C1=N2)Oc1cc2ccccc2cc1-4. The van der Waals surface area contributed by atoms with Crippen LogP contribution < -0.4 is 9.31 Å². The Balaban J connectivity index is 1.31. The average molecular weight is 671 g/mol. The van der Waals surface area contributed by atoms with E-state index in [1.165, 1.54) is 0 Å². The van der Waals surface area contributed by atoms with E-state index in [1.807, 2.05) is 0 Å². The maximum Gasteiger partial charge on any atom is 0.743 e. The minimum atomic E-state index is -0.796. The van der Waals surface area contributed by atoms with Crippen molar-refractivity contribution in [2.75, 3.05) is 0 Å². The number of nitrogens with zero attached hydrogens (tertiary/aromatic N) is 2. The molecule has 3 aliphatic heterocycles. The third-order valence-corrected chi connectivity index (χ3v) is 11.0. The Kier molecular flexibility index (Phi) is 6.18. The summed E-state index contributed by atoms with van der Waals surface area (Å²) >= 11 is 1.72. The molecule has 6 heteroatoms. The zero-order valence-corrected chi connectivity index (χ0v) is 28.1. The number of thiophene rings is 1. The third-order valence-electron chi connectivity index (χ3n) is 10.1. The number of fused-ring (bicyclic) bond motifs is 7. The van der Waals surface area contributed by atoms with Crippen molar-refractivity contribution in [3.05, 3.63) is 191 Å². The summed E-state index contributed by atoms with van der Waals surface area (Å²) in [7, 11) is -0.796. The Morgan fingerprint density at radius 1 is 0.549 bits per heavy atom. The van der Waals surface area contributed by atoms with Crippen LogP contribution in [0.25, 0.3) is 55.1 Å². The molecule has 0 N–H and O–H groups in total. The zero-order valence-electron chi connectivity index (χ0n) is 27.3. The van der Waals surface area contributed by atoms with Crippen LogP contribution in [-0.4, -0.2) is 17.4 Å². The highest BCUT2D eigenvalue weighted by molar-refractivity contribution is 7.11. The third kappa shape index (κ3) is 4.43. The van der Waals surface area contributed by atoms with Crippen molar-refractivity contribution < 1.29 is 9.31 Å². The summed E-state index contributed by atoms with van der Waals surface area (Å²) in [6, 6.07) is 53.5. The first kappa shape index (κ1) is 28.5. The van der Waals surface area contributed by atoms with Crippen molar-refractivity contribution in [2.45, 2.75) is 0 Å². The van der Waals surface area contributed by atoms with Crippen molar-refractivity contribution in [1.82, 2.24) is 4.48 Å². The first-order valence-corrected chi connectivity index (χ1v) is 18.0. The number of aliphatic imine (C=N–C) groups is 1. The lowest BCUT2D eigenvalue weighted by molar-refractivity contribution is 0.403. The van der Waals surface area contributed by atoms with Crippen LogP contribution >= 0.6 is 11.3 Å². The maximum absolute atomic E-state index is 7.18. The van der Waals surface area contributed by atoms with Crippen LogP contribution in [0.3, 0.4) is 0 Å². The standard InChI is InChI=1S/C45H27BN2O2S/c1-3-12-28(13-4-1)34-26-38-36-22-30-16-7-9-18-32(30)24-40(36)49-46-48-39(37-23-31-17-8-10-19-33(31)25-41(37)50-46)27-35(29-14-5-2-6-15-29)45(48)43(44(34)47-38)42-20-11-21-51-42/h1-27H/b44-43-. The van der Waals surface area contributed by atoms with Crippen LogP contribution in [0.2, 0.25) is 0 Å². The largest absolute Gasteiger partial charge is 0.743 e. The minimum absolute atomic E-state index is 0.720. The summed E-state index contributed by atoms with van der Waals surface area (Å²) < 4.78 is 16.5. The van der Waals surface area contributed by atoms with Crippen molar-refractivity contribution in [3.8, 4) is 33.9 Å². The Bertz CT molecular complexity index is 2800. The van der Waals surface area contributed by atoms with E-state index in [9.17, 15) is 0 Å². The number of allylic oxidation sites excluding steroid dienone is 2. The number of rotatable bonds is 3.